The molecule has 0 radical (unpaired) electrons. The Hall–Kier alpha value is -0.110. The normalized spacial score (nSPS) is 35.6. The fourth-order valence-corrected chi connectivity index (χ4v) is 2.58. The topological polar surface area (TPSA) is 26.0 Å². The van der Waals surface area contributed by atoms with Crippen molar-refractivity contribution in [1.82, 2.24) is 0 Å². The molecule has 2 aliphatic rings. The van der Waals surface area contributed by atoms with E-state index in [1.165, 1.54) is 38.5 Å². The molecule has 0 heterocycles. The van der Waals surface area contributed by atoms with E-state index in [-0.39, 0.29) is 12.2 Å². The molecule has 2 heteroatoms. The molecular formula is C12H22FN. The summed E-state index contributed by atoms with van der Waals surface area (Å²) in [5, 5.41) is 0. The molecule has 0 aromatic heterocycles. The Bertz CT molecular complexity index is 181. The van der Waals surface area contributed by atoms with Crippen molar-refractivity contribution in [1.29, 1.82) is 0 Å². The van der Waals surface area contributed by atoms with Crippen molar-refractivity contribution in [3.63, 3.8) is 0 Å². The number of nitrogens with two attached hydrogens (primary N) is 1. The van der Waals surface area contributed by atoms with Crippen molar-refractivity contribution in [3.05, 3.63) is 0 Å². The molecule has 2 saturated carbocycles. The summed E-state index contributed by atoms with van der Waals surface area (Å²) in [7, 11) is 0. The highest BCUT2D eigenvalue weighted by molar-refractivity contribution is 4.98. The lowest BCUT2D eigenvalue weighted by Crippen LogP contribution is -2.24. The Morgan fingerprint density at radius 3 is 2.14 bits per heavy atom. The van der Waals surface area contributed by atoms with Gasteiger partial charge in [-0.1, -0.05) is 12.8 Å². The molecular weight excluding hydrogens is 177 g/mol. The van der Waals surface area contributed by atoms with Crippen LogP contribution in [0.25, 0.3) is 0 Å². The number of halogens is 1. The third-order valence-electron chi connectivity index (χ3n) is 4.13. The van der Waals surface area contributed by atoms with Crippen molar-refractivity contribution in [2.75, 3.05) is 6.67 Å². The Labute approximate surface area is 86.2 Å². The molecule has 0 aromatic carbocycles. The molecule has 2 N–H and O–H groups in total. The van der Waals surface area contributed by atoms with Gasteiger partial charge in [0.05, 0.1) is 6.67 Å². The van der Waals surface area contributed by atoms with Crippen LogP contribution in [0.5, 0.6) is 0 Å². The molecule has 0 amide bonds. The summed E-state index contributed by atoms with van der Waals surface area (Å²) in [6, 6.07) is 0. The van der Waals surface area contributed by atoms with Gasteiger partial charge in [0.2, 0.25) is 0 Å². The maximum atomic E-state index is 12.4. The average Bonchev–Trinajstić information content (AvgIpc) is 2.95. The smallest absolute Gasteiger partial charge is 0.0922 e. The highest BCUT2D eigenvalue weighted by atomic mass is 19.1. The minimum atomic E-state index is -0.104. The van der Waals surface area contributed by atoms with Crippen LogP contribution in [0.2, 0.25) is 0 Å². The molecule has 2 fully saturated rings. The van der Waals surface area contributed by atoms with Crippen LogP contribution >= 0.6 is 0 Å². The first kappa shape index (κ1) is 10.4. The molecule has 0 atom stereocenters. The van der Waals surface area contributed by atoms with E-state index in [1.54, 1.807) is 0 Å². The number of alkyl halides is 1. The van der Waals surface area contributed by atoms with E-state index in [9.17, 15) is 4.39 Å². The summed E-state index contributed by atoms with van der Waals surface area (Å²) in [6.45, 7) is -0.104. The second-order valence-electron chi connectivity index (χ2n) is 5.44. The minimum absolute atomic E-state index is 0.104. The maximum Gasteiger partial charge on any atom is 0.0922 e. The summed E-state index contributed by atoms with van der Waals surface area (Å²) in [6.07, 6.45) is 9.65. The minimum Gasteiger partial charge on any atom is -0.325 e. The van der Waals surface area contributed by atoms with E-state index in [1.807, 2.05) is 0 Å². The van der Waals surface area contributed by atoms with Gasteiger partial charge in [-0.2, -0.15) is 0 Å². The van der Waals surface area contributed by atoms with Gasteiger partial charge in [-0.15, -0.1) is 0 Å². The average molecular weight is 199 g/mol. The number of hydrogen-bond acceptors (Lipinski definition) is 1. The van der Waals surface area contributed by atoms with E-state index in [0.29, 0.717) is 5.92 Å². The zero-order valence-corrected chi connectivity index (χ0v) is 8.97. The van der Waals surface area contributed by atoms with Gasteiger partial charge in [0.1, 0.15) is 0 Å². The zero-order valence-electron chi connectivity index (χ0n) is 8.97. The summed E-state index contributed by atoms with van der Waals surface area (Å²) >= 11 is 0. The molecule has 82 valence electrons. The molecule has 0 spiro atoms. The van der Waals surface area contributed by atoms with Gasteiger partial charge in [0.15, 0.2) is 0 Å². The van der Waals surface area contributed by atoms with Crippen LogP contribution in [0.4, 0.5) is 4.39 Å². The van der Waals surface area contributed by atoms with Gasteiger partial charge in [-0.3, -0.25) is 4.39 Å². The molecule has 0 aliphatic heterocycles. The van der Waals surface area contributed by atoms with Gasteiger partial charge in [0.25, 0.3) is 0 Å². The fraction of sp³-hybridized carbons (Fsp3) is 1.00. The van der Waals surface area contributed by atoms with Crippen LogP contribution in [0.15, 0.2) is 0 Å². The van der Waals surface area contributed by atoms with E-state index in [4.69, 9.17) is 5.73 Å². The molecule has 2 rings (SSSR count). The molecule has 2 aliphatic carbocycles. The lowest BCUT2D eigenvalue weighted by molar-refractivity contribution is 0.219. The van der Waals surface area contributed by atoms with E-state index >= 15 is 0 Å². The highest BCUT2D eigenvalue weighted by Crippen LogP contribution is 2.40. The van der Waals surface area contributed by atoms with Gasteiger partial charge in [0, 0.05) is 5.54 Å². The lowest BCUT2D eigenvalue weighted by Gasteiger charge is -2.27. The van der Waals surface area contributed by atoms with Crippen LogP contribution in [0.1, 0.15) is 51.4 Å². The second kappa shape index (κ2) is 4.18. The first-order valence-electron chi connectivity index (χ1n) is 6.07. The summed E-state index contributed by atoms with van der Waals surface area (Å²) in [4.78, 5) is 0. The van der Waals surface area contributed by atoms with Crippen LogP contribution < -0.4 is 5.73 Å². The molecule has 14 heavy (non-hydrogen) atoms. The monoisotopic (exact) mass is 199 g/mol. The maximum absolute atomic E-state index is 12.4. The highest BCUT2D eigenvalue weighted by Gasteiger charge is 2.38. The third-order valence-corrected chi connectivity index (χ3v) is 4.13. The first-order chi connectivity index (χ1) is 6.72. The standard InChI is InChI=1S/C12H22FN/c13-9-11-3-1-10(2-4-11)5-6-12(14)7-8-12/h10-11H,1-9,14H2. The Morgan fingerprint density at radius 2 is 1.64 bits per heavy atom. The predicted octanol–water partition coefficient (Wildman–Crippen LogP) is 3.03. The SMILES string of the molecule is NC1(CCC2CCC(CF)CC2)CC1. The van der Waals surface area contributed by atoms with E-state index in [2.05, 4.69) is 0 Å². The summed E-state index contributed by atoms with van der Waals surface area (Å²) in [5.74, 6) is 1.22. The largest absolute Gasteiger partial charge is 0.325 e. The molecule has 0 bridgehead atoms. The Kier molecular flexibility index (Phi) is 3.10. The van der Waals surface area contributed by atoms with Gasteiger partial charge < -0.3 is 5.73 Å². The molecule has 0 saturated heterocycles. The van der Waals surface area contributed by atoms with Crippen LogP contribution in [0.3, 0.4) is 0 Å². The van der Waals surface area contributed by atoms with Crippen molar-refractivity contribution in [3.8, 4) is 0 Å². The van der Waals surface area contributed by atoms with Crippen molar-refractivity contribution >= 4 is 0 Å². The number of rotatable bonds is 4. The molecule has 0 unspecified atom stereocenters. The molecule has 1 nitrogen and oxygen atoms in total. The predicted molar refractivity (Wildman–Crippen MR) is 56.8 cm³/mol. The Morgan fingerprint density at radius 1 is 1.07 bits per heavy atom. The van der Waals surface area contributed by atoms with Gasteiger partial charge in [-0.25, -0.2) is 0 Å². The van der Waals surface area contributed by atoms with Crippen LogP contribution in [0, 0.1) is 11.8 Å². The second-order valence-corrected chi connectivity index (χ2v) is 5.44. The van der Waals surface area contributed by atoms with Crippen molar-refractivity contribution in [2.24, 2.45) is 17.6 Å². The fourth-order valence-electron chi connectivity index (χ4n) is 2.58. The summed E-state index contributed by atoms with van der Waals surface area (Å²) < 4.78 is 12.4. The third kappa shape index (κ3) is 2.69. The zero-order chi connectivity index (χ0) is 10.0. The van der Waals surface area contributed by atoms with Gasteiger partial charge in [-0.05, 0) is 50.4 Å². The Balaban J connectivity index is 1.63. The van der Waals surface area contributed by atoms with E-state index < -0.39 is 0 Å². The van der Waals surface area contributed by atoms with Crippen LogP contribution in [-0.4, -0.2) is 12.2 Å². The van der Waals surface area contributed by atoms with Crippen LogP contribution in [-0.2, 0) is 0 Å². The van der Waals surface area contributed by atoms with E-state index in [0.717, 1.165) is 18.8 Å². The molecule has 0 aromatic rings. The first-order valence-corrected chi connectivity index (χ1v) is 6.07. The van der Waals surface area contributed by atoms with Gasteiger partial charge >= 0.3 is 0 Å². The lowest BCUT2D eigenvalue weighted by atomic mass is 9.80. The quantitative estimate of drug-likeness (QED) is 0.740. The van der Waals surface area contributed by atoms with Crippen molar-refractivity contribution < 1.29 is 4.39 Å². The van der Waals surface area contributed by atoms with Crippen molar-refractivity contribution in [2.45, 2.75) is 56.9 Å². The number of hydrogen-bond donors (Lipinski definition) is 1. The summed E-state index contributed by atoms with van der Waals surface area (Å²) in [5.41, 5.74) is 6.28.